The van der Waals surface area contributed by atoms with E-state index in [-0.39, 0.29) is 18.1 Å². The average Bonchev–Trinajstić information content (AvgIpc) is 2.43. The second kappa shape index (κ2) is 8.10. The lowest BCUT2D eigenvalue weighted by Gasteiger charge is -2.34. The molecule has 1 aromatic heterocycles. The van der Waals surface area contributed by atoms with Crippen molar-refractivity contribution in [2.24, 2.45) is 0 Å². The average molecular weight is 291 g/mol. The number of aromatic nitrogens is 1. The van der Waals surface area contributed by atoms with Crippen molar-refractivity contribution >= 4 is 5.91 Å². The maximum absolute atomic E-state index is 11.9. The topological polar surface area (TPSA) is 54.5 Å². The molecule has 2 atom stereocenters. The summed E-state index contributed by atoms with van der Waals surface area (Å²) >= 11 is 0. The number of morpholine rings is 1. The Morgan fingerprint density at radius 3 is 2.81 bits per heavy atom. The smallest absolute Gasteiger partial charge is 0.234 e. The van der Waals surface area contributed by atoms with Crippen LogP contribution in [-0.4, -0.2) is 54.2 Å². The quantitative estimate of drug-likeness (QED) is 0.801. The van der Waals surface area contributed by atoms with E-state index in [1.807, 2.05) is 32.0 Å². The molecular weight excluding hydrogens is 266 g/mol. The molecule has 0 unspecified atom stereocenters. The molecule has 2 heterocycles. The minimum Gasteiger partial charge on any atom is -0.373 e. The zero-order chi connectivity index (χ0) is 15.1. The number of hydrogen-bond donors (Lipinski definition) is 1. The van der Waals surface area contributed by atoms with Crippen LogP contribution in [0.1, 0.15) is 26.0 Å². The standard InChI is InChI=1S/C16H25N3O2/c1-13-10-19(11-14(2)21-13)12-16(20)18-9-5-7-15-6-3-4-8-17-15/h3-4,6,8,13-14H,5,7,9-12H2,1-2H3,(H,18,20)/t13-,14+. The summed E-state index contributed by atoms with van der Waals surface area (Å²) in [4.78, 5) is 18.4. The molecule has 1 amide bonds. The van der Waals surface area contributed by atoms with E-state index in [1.54, 1.807) is 6.20 Å². The van der Waals surface area contributed by atoms with Gasteiger partial charge >= 0.3 is 0 Å². The molecule has 1 aliphatic heterocycles. The van der Waals surface area contributed by atoms with Gasteiger partial charge in [0.1, 0.15) is 0 Å². The SMILES string of the molecule is C[C@@H]1CN(CC(=O)NCCCc2ccccn2)C[C@H](C)O1. The van der Waals surface area contributed by atoms with Crippen molar-refractivity contribution in [1.29, 1.82) is 0 Å². The summed E-state index contributed by atoms with van der Waals surface area (Å²) in [7, 11) is 0. The molecule has 0 radical (unpaired) electrons. The number of aryl methyl sites for hydroxylation is 1. The molecule has 0 aliphatic carbocycles. The van der Waals surface area contributed by atoms with Crippen LogP contribution < -0.4 is 5.32 Å². The molecule has 1 N–H and O–H groups in total. The molecule has 1 saturated heterocycles. The lowest BCUT2D eigenvalue weighted by molar-refractivity contribution is -0.125. The molecule has 0 saturated carbocycles. The third-order valence-corrected chi connectivity index (χ3v) is 3.52. The van der Waals surface area contributed by atoms with Crippen LogP contribution in [0.3, 0.4) is 0 Å². The van der Waals surface area contributed by atoms with Crippen LogP contribution in [0.4, 0.5) is 0 Å². The molecule has 0 bridgehead atoms. The van der Waals surface area contributed by atoms with Gasteiger partial charge in [-0.15, -0.1) is 0 Å². The summed E-state index contributed by atoms with van der Waals surface area (Å²) < 4.78 is 5.67. The van der Waals surface area contributed by atoms with Crippen LogP contribution in [-0.2, 0) is 16.0 Å². The highest BCUT2D eigenvalue weighted by atomic mass is 16.5. The van der Waals surface area contributed by atoms with Crippen LogP contribution >= 0.6 is 0 Å². The Balaban J connectivity index is 1.61. The van der Waals surface area contributed by atoms with Crippen molar-refractivity contribution in [2.45, 2.75) is 38.9 Å². The van der Waals surface area contributed by atoms with Crippen molar-refractivity contribution in [1.82, 2.24) is 15.2 Å². The van der Waals surface area contributed by atoms with Crippen molar-refractivity contribution < 1.29 is 9.53 Å². The number of pyridine rings is 1. The summed E-state index contributed by atoms with van der Waals surface area (Å²) in [6.45, 7) is 6.91. The number of rotatable bonds is 6. The number of amides is 1. The predicted molar refractivity (Wildman–Crippen MR) is 82.0 cm³/mol. The third kappa shape index (κ3) is 5.81. The predicted octanol–water partition coefficient (Wildman–Crippen LogP) is 1.24. The van der Waals surface area contributed by atoms with E-state index < -0.39 is 0 Å². The number of carbonyl (C=O) groups is 1. The monoisotopic (exact) mass is 291 g/mol. The number of ether oxygens (including phenoxy) is 1. The second-order valence-electron chi connectivity index (χ2n) is 5.73. The highest BCUT2D eigenvalue weighted by molar-refractivity contribution is 5.77. The minimum atomic E-state index is 0.0947. The maximum atomic E-state index is 11.9. The first-order chi connectivity index (χ1) is 10.1. The van der Waals surface area contributed by atoms with Gasteiger partial charge in [0, 0.05) is 31.5 Å². The highest BCUT2D eigenvalue weighted by Crippen LogP contribution is 2.09. The molecule has 21 heavy (non-hydrogen) atoms. The first-order valence-electron chi connectivity index (χ1n) is 7.68. The van der Waals surface area contributed by atoms with Crippen LogP contribution in [0.15, 0.2) is 24.4 Å². The maximum Gasteiger partial charge on any atom is 0.234 e. The molecule has 1 aliphatic rings. The van der Waals surface area contributed by atoms with E-state index in [9.17, 15) is 4.79 Å². The second-order valence-corrected chi connectivity index (χ2v) is 5.73. The summed E-state index contributed by atoms with van der Waals surface area (Å²) in [5, 5.41) is 2.98. The Bertz CT molecular complexity index is 428. The molecule has 116 valence electrons. The first kappa shape index (κ1) is 15.9. The number of carbonyl (C=O) groups excluding carboxylic acids is 1. The van der Waals surface area contributed by atoms with Gasteiger partial charge in [0.15, 0.2) is 0 Å². The molecule has 1 aromatic rings. The summed E-state index contributed by atoms with van der Waals surface area (Å²) in [5.74, 6) is 0.0947. The van der Waals surface area contributed by atoms with Gasteiger partial charge in [0.05, 0.1) is 18.8 Å². The lowest BCUT2D eigenvalue weighted by Crippen LogP contribution is -2.49. The zero-order valence-electron chi connectivity index (χ0n) is 12.9. The van der Waals surface area contributed by atoms with Gasteiger partial charge in [-0.1, -0.05) is 6.07 Å². The molecule has 2 rings (SSSR count). The molecule has 5 heteroatoms. The largest absolute Gasteiger partial charge is 0.373 e. The minimum absolute atomic E-state index is 0.0947. The van der Waals surface area contributed by atoms with E-state index in [4.69, 9.17) is 4.74 Å². The van der Waals surface area contributed by atoms with Gasteiger partial charge < -0.3 is 10.1 Å². The number of nitrogens with zero attached hydrogens (tertiary/aromatic N) is 2. The van der Waals surface area contributed by atoms with Gasteiger partial charge in [0.25, 0.3) is 0 Å². The number of hydrogen-bond acceptors (Lipinski definition) is 4. The van der Waals surface area contributed by atoms with Crippen LogP contribution in [0.2, 0.25) is 0 Å². The Morgan fingerprint density at radius 2 is 2.14 bits per heavy atom. The van der Waals surface area contributed by atoms with Crippen molar-refractivity contribution in [3.63, 3.8) is 0 Å². The Hall–Kier alpha value is -1.46. The fraction of sp³-hybridized carbons (Fsp3) is 0.625. The fourth-order valence-corrected chi connectivity index (χ4v) is 2.72. The zero-order valence-corrected chi connectivity index (χ0v) is 12.9. The molecule has 5 nitrogen and oxygen atoms in total. The van der Waals surface area contributed by atoms with Gasteiger partial charge in [-0.3, -0.25) is 14.7 Å². The summed E-state index contributed by atoms with van der Waals surface area (Å²) in [5.41, 5.74) is 1.07. The first-order valence-corrected chi connectivity index (χ1v) is 7.68. The van der Waals surface area contributed by atoms with E-state index in [1.165, 1.54) is 0 Å². The van der Waals surface area contributed by atoms with Gasteiger partial charge in [0.2, 0.25) is 5.91 Å². The normalized spacial score (nSPS) is 23.0. The van der Waals surface area contributed by atoms with E-state index >= 15 is 0 Å². The Labute approximate surface area is 126 Å². The van der Waals surface area contributed by atoms with Crippen molar-refractivity contribution in [3.05, 3.63) is 30.1 Å². The van der Waals surface area contributed by atoms with Crippen LogP contribution in [0, 0.1) is 0 Å². The fourth-order valence-electron chi connectivity index (χ4n) is 2.72. The number of nitrogens with one attached hydrogen (secondary N) is 1. The van der Waals surface area contributed by atoms with E-state index in [0.717, 1.165) is 31.6 Å². The highest BCUT2D eigenvalue weighted by Gasteiger charge is 2.23. The van der Waals surface area contributed by atoms with Crippen LogP contribution in [0.25, 0.3) is 0 Å². The lowest BCUT2D eigenvalue weighted by atomic mass is 10.2. The van der Waals surface area contributed by atoms with Gasteiger partial charge in [-0.2, -0.15) is 0 Å². The third-order valence-electron chi connectivity index (χ3n) is 3.52. The molecule has 1 fully saturated rings. The van der Waals surface area contributed by atoms with Gasteiger partial charge in [-0.25, -0.2) is 0 Å². The molecule has 0 spiro atoms. The Kier molecular flexibility index (Phi) is 6.14. The van der Waals surface area contributed by atoms with Crippen LogP contribution in [0.5, 0.6) is 0 Å². The van der Waals surface area contributed by atoms with E-state index in [0.29, 0.717) is 13.1 Å². The van der Waals surface area contributed by atoms with Gasteiger partial charge in [-0.05, 0) is 38.8 Å². The summed E-state index contributed by atoms with van der Waals surface area (Å²) in [6, 6.07) is 5.91. The summed E-state index contributed by atoms with van der Waals surface area (Å²) in [6.07, 6.45) is 4.01. The van der Waals surface area contributed by atoms with Crippen molar-refractivity contribution in [2.75, 3.05) is 26.2 Å². The van der Waals surface area contributed by atoms with E-state index in [2.05, 4.69) is 15.2 Å². The Morgan fingerprint density at radius 1 is 1.38 bits per heavy atom. The molecular formula is C16H25N3O2. The molecule has 0 aromatic carbocycles. The van der Waals surface area contributed by atoms with Crippen molar-refractivity contribution in [3.8, 4) is 0 Å².